The van der Waals surface area contributed by atoms with Crippen molar-refractivity contribution in [3.63, 3.8) is 0 Å². The maximum absolute atomic E-state index is 5.62. The molecule has 0 saturated heterocycles. The molecular formula is C16H17N5O3. The Bertz CT molecular complexity index is 801. The van der Waals surface area contributed by atoms with E-state index in [4.69, 9.17) is 13.9 Å². The smallest absolute Gasteiger partial charge is 0.321 e. The predicted molar refractivity (Wildman–Crippen MR) is 87.4 cm³/mol. The van der Waals surface area contributed by atoms with Crippen LogP contribution in [0.5, 0.6) is 11.5 Å². The van der Waals surface area contributed by atoms with E-state index in [-0.39, 0.29) is 12.1 Å². The molecule has 3 aromatic heterocycles. The number of rotatable bonds is 6. The highest BCUT2D eigenvalue weighted by Crippen LogP contribution is 2.23. The van der Waals surface area contributed by atoms with Crippen molar-refractivity contribution in [1.29, 1.82) is 0 Å². The second-order valence-electron chi connectivity index (χ2n) is 5.16. The summed E-state index contributed by atoms with van der Waals surface area (Å²) in [6, 6.07) is 7.28. The molecule has 0 radical (unpaired) electrons. The summed E-state index contributed by atoms with van der Waals surface area (Å²) in [5, 5.41) is 10.9. The molecule has 3 aromatic rings. The van der Waals surface area contributed by atoms with Crippen LogP contribution in [-0.2, 0) is 0 Å². The van der Waals surface area contributed by atoms with Crippen molar-refractivity contribution in [2.45, 2.75) is 20.0 Å². The summed E-state index contributed by atoms with van der Waals surface area (Å²) in [6.45, 7) is 3.92. The van der Waals surface area contributed by atoms with Gasteiger partial charge in [-0.25, -0.2) is 9.97 Å². The fourth-order valence-corrected chi connectivity index (χ4v) is 1.94. The third-order valence-electron chi connectivity index (χ3n) is 2.95. The molecule has 3 heterocycles. The first kappa shape index (κ1) is 15.7. The summed E-state index contributed by atoms with van der Waals surface area (Å²) in [6.07, 6.45) is 3.31. The number of nitrogens with zero attached hydrogens (tertiary/aromatic N) is 4. The minimum Gasteiger partial charge on any atom is -0.495 e. The van der Waals surface area contributed by atoms with Crippen LogP contribution < -0.4 is 14.8 Å². The molecule has 0 aliphatic rings. The van der Waals surface area contributed by atoms with Gasteiger partial charge in [0.15, 0.2) is 0 Å². The number of methoxy groups -OCH3 is 1. The van der Waals surface area contributed by atoms with Gasteiger partial charge in [0, 0.05) is 12.3 Å². The van der Waals surface area contributed by atoms with Gasteiger partial charge in [0.05, 0.1) is 19.4 Å². The number of ether oxygens (including phenoxy) is 2. The summed E-state index contributed by atoms with van der Waals surface area (Å²) in [7, 11) is 1.58. The van der Waals surface area contributed by atoms with E-state index in [1.165, 1.54) is 0 Å². The molecule has 0 unspecified atom stereocenters. The highest BCUT2D eigenvalue weighted by molar-refractivity contribution is 5.52. The average Bonchev–Trinajstić information content (AvgIpc) is 3.03. The molecule has 3 rings (SSSR count). The lowest BCUT2D eigenvalue weighted by molar-refractivity contribution is 0.242. The van der Waals surface area contributed by atoms with Crippen molar-refractivity contribution in [2.24, 2.45) is 0 Å². The Morgan fingerprint density at radius 1 is 1.08 bits per heavy atom. The summed E-state index contributed by atoms with van der Waals surface area (Å²) >= 11 is 0. The lowest BCUT2D eigenvalue weighted by Gasteiger charge is -2.10. The van der Waals surface area contributed by atoms with E-state index in [2.05, 4.69) is 25.5 Å². The van der Waals surface area contributed by atoms with E-state index >= 15 is 0 Å². The number of hydrogen-bond acceptors (Lipinski definition) is 8. The topological polar surface area (TPSA) is 95.2 Å². The van der Waals surface area contributed by atoms with Gasteiger partial charge in [-0.2, -0.15) is 0 Å². The normalized spacial score (nSPS) is 10.7. The number of nitrogens with one attached hydrogen (secondary N) is 1. The fourth-order valence-electron chi connectivity index (χ4n) is 1.94. The van der Waals surface area contributed by atoms with Gasteiger partial charge >= 0.3 is 6.01 Å². The molecule has 8 heteroatoms. The summed E-state index contributed by atoms with van der Waals surface area (Å²) in [5.74, 6) is 2.21. The van der Waals surface area contributed by atoms with Gasteiger partial charge in [-0.1, -0.05) is 5.10 Å². The molecule has 8 nitrogen and oxygen atoms in total. The quantitative estimate of drug-likeness (QED) is 0.738. The van der Waals surface area contributed by atoms with E-state index in [0.29, 0.717) is 28.9 Å². The Morgan fingerprint density at radius 2 is 1.96 bits per heavy atom. The van der Waals surface area contributed by atoms with Crippen LogP contribution >= 0.6 is 0 Å². The van der Waals surface area contributed by atoms with Gasteiger partial charge in [0.2, 0.25) is 0 Å². The first-order valence-corrected chi connectivity index (χ1v) is 7.37. The van der Waals surface area contributed by atoms with Crippen molar-refractivity contribution in [3.8, 4) is 23.1 Å². The Balaban J connectivity index is 1.73. The SMILES string of the molecule is COc1ccc(-c2nnc(Nc3cc(OC(C)C)ccn3)o2)nc1. The Labute approximate surface area is 138 Å². The third kappa shape index (κ3) is 3.78. The number of aromatic nitrogens is 4. The van der Waals surface area contributed by atoms with Gasteiger partial charge in [-0.3, -0.25) is 5.32 Å². The molecule has 0 aliphatic heterocycles. The van der Waals surface area contributed by atoms with Gasteiger partial charge in [0.25, 0.3) is 5.89 Å². The van der Waals surface area contributed by atoms with E-state index in [0.717, 1.165) is 0 Å². The van der Waals surface area contributed by atoms with Crippen LogP contribution in [0.25, 0.3) is 11.6 Å². The molecule has 0 fully saturated rings. The maximum atomic E-state index is 5.62. The van der Waals surface area contributed by atoms with E-state index in [1.807, 2.05) is 13.8 Å². The highest BCUT2D eigenvalue weighted by atomic mass is 16.5. The Morgan fingerprint density at radius 3 is 2.67 bits per heavy atom. The van der Waals surface area contributed by atoms with Crippen molar-refractivity contribution in [2.75, 3.05) is 12.4 Å². The average molecular weight is 327 g/mol. The lowest BCUT2D eigenvalue weighted by Crippen LogP contribution is -2.06. The van der Waals surface area contributed by atoms with Gasteiger partial charge in [-0.15, -0.1) is 5.10 Å². The van der Waals surface area contributed by atoms with Crippen molar-refractivity contribution >= 4 is 11.8 Å². The van der Waals surface area contributed by atoms with Crippen LogP contribution in [0, 0.1) is 0 Å². The first-order valence-electron chi connectivity index (χ1n) is 7.37. The molecule has 0 aliphatic carbocycles. The molecule has 0 aromatic carbocycles. The molecule has 1 N–H and O–H groups in total. The lowest BCUT2D eigenvalue weighted by atomic mass is 10.3. The molecule has 0 spiro atoms. The minimum atomic E-state index is 0.0800. The van der Waals surface area contributed by atoms with E-state index in [1.54, 1.807) is 43.8 Å². The van der Waals surface area contributed by atoms with Crippen molar-refractivity contribution in [1.82, 2.24) is 20.2 Å². The van der Waals surface area contributed by atoms with Crippen LogP contribution in [0.15, 0.2) is 41.1 Å². The zero-order chi connectivity index (χ0) is 16.9. The van der Waals surface area contributed by atoms with Crippen LogP contribution in [0.2, 0.25) is 0 Å². The molecule has 0 bridgehead atoms. The van der Waals surface area contributed by atoms with Gasteiger partial charge < -0.3 is 13.9 Å². The van der Waals surface area contributed by atoms with Crippen LogP contribution in [0.4, 0.5) is 11.8 Å². The number of hydrogen-bond donors (Lipinski definition) is 1. The zero-order valence-electron chi connectivity index (χ0n) is 13.6. The maximum Gasteiger partial charge on any atom is 0.321 e. The first-order chi connectivity index (χ1) is 11.6. The van der Waals surface area contributed by atoms with Crippen LogP contribution in [-0.4, -0.2) is 33.4 Å². The summed E-state index contributed by atoms with van der Waals surface area (Å²) in [5.41, 5.74) is 0.557. The number of anilines is 2. The largest absolute Gasteiger partial charge is 0.495 e. The summed E-state index contributed by atoms with van der Waals surface area (Å²) < 4.78 is 16.2. The van der Waals surface area contributed by atoms with E-state index in [9.17, 15) is 0 Å². The van der Waals surface area contributed by atoms with Gasteiger partial charge in [-0.05, 0) is 32.0 Å². The van der Waals surface area contributed by atoms with E-state index < -0.39 is 0 Å². The molecular weight excluding hydrogens is 310 g/mol. The highest BCUT2D eigenvalue weighted by Gasteiger charge is 2.11. The third-order valence-corrected chi connectivity index (χ3v) is 2.95. The van der Waals surface area contributed by atoms with Crippen molar-refractivity contribution in [3.05, 3.63) is 36.7 Å². The van der Waals surface area contributed by atoms with Crippen LogP contribution in [0.1, 0.15) is 13.8 Å². The number of pyridine rings is 2. The minimum absolute atomic E-state index is 0.0800. The fraction of sp³-hybridized carbons (Fsp3) is 0.250. The molecule has 0 saturated carbocycles. The Kier molecular flexibility index (Phi) is 4.55. The molecule has 0 amide bonds. The summed E-state index contributed by atoms with van der Waals surface area (Å²) in [4.78, 5) is 8.40. The molecule has 124 valence electrons. The molecule has 24 heavy (non-hydrogen) atoms. The zero-order valence-corrected chi connectivity index (χ0v) is 13.6. The predicted octanol–water partition coefficient (Wildman–Crippen LogP) is 3.07. The Hall–Kier alpha value is -3.16. The molecule has 0 atom stereocenters. The van der Waals surface area contributed by atoms with Crippen molar-refractivity contribution < 1.29 is 13.9 Å². The van der Waals surface area contributed by atoms with Gasteiger partial charge in [0.1, 0.15) is 23.0 Å². The van der Waals surface area contributed by atoms with Crippen LogP contribution in [0.3, 0.4) is 0 Å². The second kappa shape index (κ2) is 6.95. The monoisotopic (exact) mass is 327 g/mol. The standard InChI is InChI=1S/C16H17N5O3/c1-10(2)23-11-6-7-17-14(8-11)19-16-21-20-15(24-16)13-5-4-12(22-3)9-18-13/h4-10H,1-3H3,(H,17,19,21). The second-order valence-corrected chi connectivity index (χ2v) is 5.16.